The zero-order valence-electron chi connectivity index (χ0n) is 10.3. The van der Waals surface area contributed by atoms with Crippen LogP contribution in [0.5, 0.6) is 0 Å². The minimum Gasteiger partial charge on any atom is -0.300 e. The van der Waals surface area contributed by atoms with Crippen LogP contribution in [0.3, 0.4) is 0 Å². The number of hydrogen-bond donors (Lipinski definition) is 0. The maximum absolute atomic E-state index is 11.4. The molecule has 1 heteroatoms. The highest BCUT2D eigenvalue weighted by Gasteiger charge is 2.20. The molecule has 1 unspecified atom stereocenters. The maximum atomic E-state index is 11.4. The van der Waals surface area contributed by atoms with Gasteiger partial charge in [0, 0.05) is 12.8 Å². The van der Waals surface area contributed by atoms with Crippen molar-refractivity contribution in [2.24, 2.45) is 5.92 Å². The Balaban J connectivity index is 2.11. The number of rotatable bonds is 2. The summed E-state index contributed by atoms with van der Waals surface area (Å²) in [6, 6.07) is 6.46. The molecule has 0 bridgehead atoms. The fourth-order valence-electron chi connectivity index (χ4n) is 2.75. The van der Waals surface area contributed by atoms with Gasteiger partial charge in [-0.3, -0.25) is 4.79 Å². The van der Waals surface area contributed by atoms with Crippen LogP contribution in [0.25, 0.3) is 0 Å². The van der Waals surface area contributed by atoms with Crippen molar-refractivity contribution in [2.45, 2.75) is 46.0 Å². The Labute approximate surface area is 97.9 Å². The first-order chi connectivity index (χ1) is 7.66. The largest absolute Gasteiger partial charge is 0.300 e. The van der Waals surface area contributed by atoms with E-state index in [0.717, 1.165) is 25.7 Å². The Kier molecular flexibility index (Phi) is 3.42. The molecule has 0 N–H and O–H groups in total. The molecule has 1 aliphatic carbocycles. The van der Waals surface area contributed by atoms with Gasteiger partial charge in [0.25, 0.3) is 0 Å². The fourth-order valence-corrected chi connectivity index (χ4v) is 2.75. The Hall–Kier alpha value is -1.11. The van der Waals surface area contributed by atoms with Gasteiger partial charge in [-0.15, -0.1) is 0 Å². The summed E-state index contributed by atoms with van der Waals surface area (Å²) in [6.07, 6.45) is 5.01. The van der Waals surface area contributed by atoms with Crippen LogP contribution in [-0.2, 0) is 11.2 Å². The van der Waals surface area contributed by atoms with E-state index < -0.39 is 0 Å². The molecule has 0 spiro atoms. The molecule has 0 saturated heterocycles. The number of carbonyl (C=O) groups is 1. The monoisotopic (exact) mass is 216 g/mol. The van der Waals surface area contributed by atoms with Crippen LogP contribution >= 0.6 is 0 Å². The predicted octanol–water partition coefficient (Wildman–Crippen LogP) is 3.61. The first kappa shape index (κ1) is 11.4. The smallest absolute Gasteiger partial charge is 0.133 e. The Bertz CT molecular complexity index is 372. The zero-order valence-corrected chi connectivity index (χ0v) is 10.3. The van der Waals surface area contributed by atoms with Crippen LogP contribution in [0.15, 0.2) is 18.2 Å². The number of benzene rings is 1. The first-order valence-corrected chi connectivity index (χ1v) is 6.23. The van der Waals surface area contributed by atoms with Gasteiger partial charge in [-0.2, -0.15) is 0 Å². The minimum atomic E-state index is 0.461. The molecular weight excluding hydrogens is 196 g/mol. The van der Waals surface area contributed by atoms with E-state index in [-0.39, 0.29) is 0 Å². The molecule has 0 radical (unpaired) electrons. The molecule has 1 saturated carbocycles. The average Bonchev–Trinajstić information content (AvgIpc) is 2.24. The SMILES string of the molecule is Cc1cccc(C)c1CC1CCCC(=O)C1. The molecule has 1 aliphatic rings. The van der Waals surface area contributed by atoms with E-state index in [4.69, 9.17) is 0 Å². The number of ketones is 1. The molecule has 0 aliphatic heterocycles. The lowest BCUT2D eigenvalue weighted by Gasteiger charge is -2.22. The summed E-state index contributed by atoms with van der Waals surface area (Å²) in [7, 11) is 0. The number of carbonyl (C=O) groups excluding carboxylic acids is 1. The Morgan fingerprint density at radius 3 is 2.56 bits per heavy atom. The van der Waals surface area contributed by atoms with Crippen molar-refractivity contribution >= 4 is 5.78 Å². The molecule has 0 aromatic heterocycles. The van der Waals surface area contributed by atoms with Crippen LogP contribution in [-0.4, -0.2) is 5.78 Å². The van der Waals surface area contributed by atoms with Gasteiger partial charge in [0.15, 0.2) is 0 Å². The van der Waals surface area contributed by atoms with Gasteiger partial charge in [0.1, 0.15) is 5.78 Å². The van der Waals surface area contributed by atoms with Gasteiger partial charge in [-0.05, 0) is 55.7 Å². The molecule has 1 atom stereocenters. The second-order valence-electron chi connectivity index (χ2n) is 5.08. The summed E-state index contributed by atoms with van der Waals surface area (Å²) < 4.78 is 0. The third-order valence-corrected chi connectivity index (χ3v) is 3.72. The van der Waals surface area contributed by atoms with Crippen molar-refractivity contribution in [3.8, 4) is 0 Å². The molecule has 86 valence electrons. The van der Waals surface area contributed by atoms with Gasteiger partial charge in [0.2, 0.25) is 0 Å². The van der Waals surface area contributed by atoms with Crippen molar-refractivity contribution in [3.05, 3.63) is 34.9 Å². The molecular formula is C15H20O. The molecule has 1 fully saturated rings. The molecule has 2 rings (SSSR count). The third-order valence-electron chi connectivity index (χ3n) is 3.72. The van der Waals surface area contributed by atoms with Gasteiger partial charge in [0.05, 0.1) is 0 Å². The van der Waals surface area contributed by atoms with Gasteiger partial charge < -0.3 is 0 Å². The van der Waals surface area contributed by atoms with Gasteiger partial charge in [-0.1, -0.05) is 18.2 Å². The molecule has 1 aromatic carbocycles. The van der Waals surface area contributed by atoms with E-state index in [0.29, 0.717) is 11.7 Å². The van der Waals surface area contributed by atoms with Gasteiger partial charge >= 0.3 is 0 Å². The lowest BCUT2D eigenvalue weighted by atomic mass is 9.82. The highest BCUT2D eigenvalue weighted by atomic mass is 16.1. The highest BCUT2D eigenvalue weighted by molar-refractivity contribution is 5.79. The van der Waals surface area contributed by atoms with E-state index >= 15 is 0 Å². The normalized spacial score (nSPS) is 21.1. The maximum Gasteiger partial charge on any atom is 0.133 e. The summed E-state index contributed by atoms with van der Waals surface area (Å²) in [6.45, 7) is 4.35. The van der Waals surface area contributed by atoms with Crippen molar-refractivity contribution in [1.82, 2.24) is 0 Å². The minimum absolute atomic E-state index is 0.461. The summed E-state index contributed by atoms with van der Waals surface area (Å²) in [5.41, 5.74) is 4.21. The molecule has 0 amide bonds. The van der Waals surface area contributed by atoms with E-state index in [2.05, 4.69) is 32.0 Å². The quantitative estimate of drug-likeness (QED) is 0.738. The Morgan fingerprint density at radius 2 is 1.94 bits per heavy atom. The number of hydrogen-bond acceptors (Lipinski definition) is 1. The molecule has 16 heavy (non-hydrogen) atoms. The summed E-state index contributed by atoms with van der Waals surface area (Å²) in [4.78, 5) is 11.4. The molecule has 1 aromatic rings. The van der Waals surface area contributed by atoms with Crippen molar-refractivity contribution in [3.63, 3.8) is 0 Å². The first-order valence-electron chi connectivity index (χ1n) is 6.23. The van der Waals surface area contributed by atoms with Crippen LogP contribution in [0.2, 0.25) is 0 Å². The van der Waals surface area contributed by atoms with E-state index in [9.17, 15) is 4.79 Å². The summed E-state index contributed by atoms with van der Waals surface area (Å²) >= 11 is 0. The zero-order chi connectivity index (χ0) is 11.5. The predicted molar refractivity (Wildman–Crippen MR) is 66.6 cm³/mol. The van der Waals surface area contributed by atoms with E-state index in [1.807, 2.05) is 0 Å². The number of Topliss-reactive ketones (excluding diaryl/α,β-unsaturated/α-hetero) is 1. The highest BCUT2D eigenvalue weighted by Crippen LogP contribution is 2.27. The van der Waals surface area contributed by atoms with E-state index in [1.165, 1.54) is 23.1 Å². The van der Waals surface area contributed by atoms with Crippen molar-refractivity contribution in [1.29, 1.82) is 0 Å². The molecule has 1 nitrogen and oxygen atoms in total. The van der Waals surface area contributed by atoms with Crippen LogP contribution in [0.1, 0.15) is 42.4 Å². The number of aryl methyl sites for hydroxylation is 2. The lowest BCUT2D eigenvalue weighted by Crippen LogP contribution is -2.17. The second-order valence-corrected chi connectivity index (χ2v) is 5.08. The second kappa shape index (κ2) is 4.82. The lowest BCUT2D eigenvalue weighted by molar-refractivity contribution is -0.121. The van der Waals surface area contributed by atoms with Crippen LogP contribution in [0.4, 0.5) is 0 Å². The molecule has 0 heterocycles. The van der Waals surface area contributed by atoms with Crippen molar-refractivity contribution in [2.75, 3.05) is 0 Å². The van der Waals surface area contributed by atoms with E-state index in [1.54, 1.807) is 0 Å². The third kappa shape index (κ3) is 2.52. The standard InChI is InChI=1S/C15H20O/c1-11-5-3-6-12(2)15(11)10-13-7-4-8-14(16)9-13/h3,5-6,13H,4,7-10H2,1-2H3. The van der Waals surface area contributed by atoms with Crippen LogP contribution in [0, 0.1) is 19.8 Å². The average molecular weight is 216 g/mol. The van der Waals surface area contributed by atoms with Crippen LogP contribution < -0.4 is 0 Å². The van der Waals surface area contributed by atoms with Crippen molar-refractivity contribution < 1.29 is 4.79 Å². The fraction of sp³-hybridized carbons (Fsp3) is 0.533. The summed E-state index contributed by atoms with van der Waals surface area (Å²) in [5, 5.41) is 0. The van der Waals surface area contributed by atoms with Gasteiger partial charge in [-0.25, -0.2) is 0 Å². The topological polar surface area (TPSA) is 17.1 Å². The summed E-state index contributed by atoms with van der Waals surface area (Å²) in [5.74, 6) is 1.04. The Morgan fingerprint density at radius 1 is 1.25 bits per heavy atom.